The first-order chi connectivity index (χ1) is 7.95. The van der Waals surface area contributed by atoms with Crippen LogP contribution in [0.1, 0.15) is 20.8 Å². The molecule has 0 spiro atoms. The second-order valence-electron chi connectivity index (χ2n) is 5.53. The molecule has 0 fully saturated rings. The van der Waals surface area contributed by atoms with E-state index in [-0.39, 0.29) is 0 Å². The minimum absolute atomic E-state index is 0.292. The van der Waals surface area contributed by atoms with E-state index in [9.17, 15) is 0 Å². The Morgan fingerprint density at radius 3 is 1.82 bits per heavy atom. The van der Waals surface area contributed by atoms with Crippen molar-refractivity contribution in [3.63, 3.8) is 0 Å². The predicted molar refractivity (Wildman–Crippen MR) is 77.0 cm³/mol. The lowest BCUT2D eigenvalue weighted by molar-refractivity contribution is 0.0892. The van der Waals surface area contributed by atoms with Gasteiger partial charge in [-0.3, -0.25) is 4.90 Å². The highest BCUT2D eigenvalue weighted by molar-refractivity contribution is 7.80. The SMILES string of the molecule is COCCN(CCOC)CC(CS)C(C)(C)C. The van der Waals surface area contributed by atoms with Crippen LogP contribution in [-0.4, -0.2) is 57.7 Å². The topological polar surface area (TPSA) is 21.7 Å². The number of nitrogens with zero attached hydrogens (tertiary/aromatic N) is 1. The van der Waals surface area contributed by atoms with E-state index >= 15 is 0 Å². The molecule has 0 amide bonds. The van der Waals surface area contributed by atoms with E-state index in [1.807, 2.05) is 0 Å². The molecule has 0 N–H and O–H groups in total. The lowest BCUT2D eigenvalue weighted by atomic mass is 9.81. The summed E-state index contributed by atoms with van der Waals surface area (Å²) in [6, 6.07) is 0. The molecule has 0 saturated carbocycles. The van der Waals surface area contributed by atoms with Gasteiger partial charge in [0, 0.05) is 33.9 Å². The first-order valence-corrected chi connectivity index (χ1v) is 6.90. The van der Waals surface area contributed by atoms with E-state index in [1.165, 1.54) is 0 Å². The van der Waals surface area contributed by atoms with Crippen molar-refractivity contribution in [2.45, 2.75) is 20.8 Å². The van der Waals surface area contributed by atoms with Crippen LogP contribution < -0.4 is 0 Å². The van der Waals surface area contributed by atoms with Gasteiger partial charge in [0.05, 0.1) is 13.2 Å². The van der Waals surface area contributed by atoms with Gasteiger partial charge in [-0.25, -0.2) is 0 Å². The normalized spacial score (nSPS) is 14.3. The molecule has 4 heteroatoms. The highest BCUT2D eigenvalue weighted by atomic mass is 32.1. The van der Waals surface area contributed by atoms with Crippen LogP contribution in [0.5, 0.6) is 0 Å². The first-order valence-electron chi connectivity index (χ1n) is 6.26. The molecule has 104 valence electrons. The van der Waals surface area contributed by atoms with Gasteiger partial charge in [0.25, 0.3) is 0 Å². The van der Waals surface area contributed by atoms with E-state index in [0.29, 0.717) is 11.3 Å². The Hall–Kier alpha value is 0.230. The summed E-state index contributed by atoms with van der Waals surface area (Å²) in [6.07, 6.45) is 0. The molecule has 0 heterocycles. The van der Waals surface area contributed by atoms with Crippen molar-refractivity contribution in [2.75, 3.05) is 52.8 Å². The Bertz CT molecular complexity index is 175. The van der Waals surface area contributed by atoms with Gasteiger partial charge < -0.3 is 9.47 Å². The van der Waals surface area contributed by atoms with Crippen molar-refractivity contribution in [1.82, 2.24) is 4.90 Å². The molecule has 0 aliphatic rings. The third-order valence-electron chi connectivity index (χ3n) is 3.15. The molecule has 3 nitrogen and oxygen atoms in total. The summed E-state index contributed by atoms with van der Waals surface area (Å²) in [4.78, 5) is 2.40. The number of ether oxygens (including phenoxy) is 2. The molecule has 0 radical (unpaired) electrons. The number of hydrogen-bond donors (Lipinski definition) is 1. The smallest absolute Gasteiger partial charge is 0.0589 e. The Kier molecular flexibility index (Phi) is 9.32. The van der Waals surface area contributed by atoms with E-state index in [2.05, 4.69) is 38.3 Å². The third kappa shape index (κ3) is 8.03. The maximum Gasteiger partial charge on any atom is 0.0589 e. The predicted octanol–water partition coefficient (Wildman–Crippen LogP) is 2.17. The molecule has 0 aromatic rings. The van der Waals surface area contributed by atoms with Gasteiger partial charge in [0.15, 0.2) is 0 Å². The van der Waals surface area contributed by atoms with Crippen LogP contribution in [0, 0.1) is 11.3 Å². The van der Waals surface area contributed by atoms with Crippen LogP contribution in [-0.2, 0) is 9.47 Å². The van der Waals surface area contributed by atoms with Gasteiger partial charge in [-0.2, -0.15) is 12.6 Å². The molecule has 0 aromatic carbocycles. The van der Waals surface area contributed by atoms with Crippen LogP contribution in [0.4, 0.5) is 0 Å². The fourth-order valence-corrected chi connectivity index (χ4v) is 2.32. The van der Waals surface area contributed by atoms with Gasteiger partial charge >= 0.3 is 0 Å². The fourth-order valence-electron chi connectivity index (χ4n) is 1.65. The Balaban J connectivity index is 4.26. The summed E-state index contributed by atoms with van der Waals surface area (Å²) < 4.78 is 10.3. The fraction of sp³-hybridized carbons (Fsp3) is 1.00. The molecule has 0 rings (SSSR count). The molecule has 0 bridgehead atoms. The molecule has 17 heavy (non-hydrogen) atoms. The molecule has 0 aliphatic heterocycles. The van der Waals surface area contributed by atoms with Crippen molar-refractivity contribution < 1.29 is 9.47 Å². The number of methoxy groups -OCH3 is 2. The average Bonchev–Trinajstić information content (AvgIpc) is 2.26. The molecule has 0 aliphatic carbocycles. The van der Waals surface area contributed by atoms with Crippen LogP contribution in [0.2, 0.25) is 0 Å². The van der Waals surface area contributed by atoms with E-state index in [0.717, 1.165) is 38.6 Å². The summed E-state index contributed by atoms with van der Waals surface area (Å²) in [5.74, 6) is 1.50. The zero-order valence-corrected chi connectivity index (χ0v) is 12.9. The maximum atomic E-state index is 5.15. The van der Waals surface area contributed by atoms with Gasteiger partial charge in [0.1, 0.15) is 0 Å². The van der Waals surface area contributed by atoms with Gasteiger partial charge in [0.2, 0.25) is 0 Å². The van der Waals surface area contributed by atoms with Crippen molar-refractivity contribution in [3.8, 4) is 0 Å². The van der Waals surface area contributed by atoms with Gasteiger partial charge in [-0.15, -0.1) is 0 Å². The van der Waals surface area contributed by atoms with Gasteiger partial charge in [-0.1, -0.05) is 20.8 Å². The summed E-state index contributed by atoms with van der Waals surface area (Å²) in [5, 5.41) is 0. The minimum Gasteiger partial charge on any atom is -0.383 e. The Morgan fingerprint density at radius 2 is 1.53 bits per heavy atom. The number of thiol groups is 1. The minimum atomic E-state index is 0.292. The number of rotatable bonds is 9. The van der Waals surface area contributed by atoms with Crippen LogP contribution in [0.15, 0.2) is 0 Å². The van der Waals surface area contributed by atoms with Crippen LogP contribution in [0.3, 0.4) is 0 Å². The highest BCUT2D eigenvalue weighted by Crippen LogP contribution is 2.27. The summed E-state index contributed by atoms with van der Waals surface area (Å²) in [6.45, 7) is 11.3. The monoisotopic (exact) mass is 263 g/mol. The molecule has 1 atom stereocenters. The summed E-state index contributed by atoms with van der Waals surface area (Å²) in [7, 11) is 3.49. The second kappa shape index (κ2) is 9.20. The quantitative estimate of drug-likeness (QED) is 0.644. The Labute approximate surface area is 112 Å². The maximum absolute atomic E-state index is 5.15. The molecule has 0 saturated heterocycles. The van der Waals surface area contributed by atoms with E-state index < -0.39 is 0 Å². The van der Waals surface area contributed by atoms with E-state index in [4.69, 9.17) is 9.47 Å². The van der Waals surface area contributed by atoms with E-state index in [1.54, 1.807) is 14.2 Å². The van der Waals surface area contributed by atoms with Crippen molar-refractivity contribution in [1.29, 1.82) is 0 Å². The summed E-state index contributed by atoms with van der Waals surface area (Å²) >= 11 is 4.48. The van der Waals surface area contributed by atoms with Crippen molar-refractivity contribution >= 4 is 12.6 Å². The number of hydrogen-bond acceptors (Lipinski definition) is 4. The average molecular weight is 263 g/mol. The summed E-state index contributed by atoms with van der Waals surface area (Å²) in [5.41, 5.74) is 0.292. The van der Waals surface area contributed by atoms with Crippen molar-refractivity contribution in [2.24, 2.45) is 11.3 Å². The second-order valence-corrected chi connectivity index (χ2v) is 5.90. The Morgan fingerprint density at radius 1 is 1.06 bits per heavy atom. The lowest BCUT2D eigenvalue weighted by Gasteiger charge is -2.34. The molecular formula is C13H29NO2S. The molecule has 1 unspecified atom stereocenters. The highest BCUT2D eigenvalue weighted by Gasteiger charge is 2.25. The molecule has 0 aromatic heterocycles. The largest absolute Gasteiger partial charge is 0.383 e. The van der Waals surface area contributed by atoms with Crippen molar-refractivity contribution in [3.05, 3.63) is 0 Å². The molecular weight excluding hydrogens is 234 g/mol. The standard InChI is InChI=1S/C13H29NO2S/c1-13(2,3)12(11-17)10-14(6-8-15-4)7-9-16-5/h12,17H,6-11H2,1-5H3. The third-order valence-corrected chi connectivity index (χ3v) is 3.59. The van der Waals surface area contributed by atoms with Crippen LogP contribution >= 0.6 is 12.6 Å². The zero-order valence-electron chi connectivity index (χ0n) is 12.0. The first kappa shape index (κ1) is 17.2. The van der Waals surface area contributed by atoms with Crippen LogP contribution in [0.25, 0.3) is 0 Å². The van der Waals surface area contributed by atoms with Gasteiger partial charge in [-0.05, 0) is 17.1 Å². The lowest BCUT2D eigenvalue weighted by Crippen LogP contribution is -2.39. The zero-order chi connectivity index (χ0) is 13.3.